The number of rotatable bonds is 6. The average Bonchev–Trinajstić information content (AvgIpc) is 2.69. The first-order valence-corrected chi connectivity index (χ1v) is 8.69. The number of hydrogen-bond acceptors (Lipinski definition) is 4. The van der Waals surface area contributed by atoms with Crippen molar-refractivity contribution < 1.29 is 14.3 Å². The van der Waals surface area contributed by atoms with Gasteiger partial charge in [-0.1, -0.05) is 0 Å². The molecule has 3 aromatic rings. The van der Waals surface area contributed by atoms with Crippen molar-refractivity contribution in [2.75, 3.05) is 12.0 Å². The highest BCUT2D eigenvalue weighted by atomic mass is 79.9. The van der Waals surface area contributed by atoms with Crippen LogP contribution in [0.5, 0.6) is 5.75 Å². The minimum atomic E-state index is 0.583. The first kappa shape index (κ1) is 17.9. The summed E-state index contributed by atoms with van der Waals surface area (Å²) in [4.78, 5) is 24.1. The second kappa shape index (κ2) is 7.97. The topological polar surface area (TPSA) is 46.6 Å². The molecular formula is C21H16BrNO3. The summed E-state index contributed by atoms with van der Waals surface area (Å²) in [6.45, 7) is 0. The molecule has 0 saturated carbocycles. The fourth-order valence-corrected chi connectivity index (χ4v) is 3.09. The number of ether oxygens (including phenoxy) is 1. The molecule has 0 heterocycles. The van der Waals surface area contributed by atoms with Gasteiger partial charge in [0, 0.05) is 32.7 Å². The molecule has 26 heavy (non-hydrogen) atoms. The van der Waals surface area contributed by atoms with Gasteiger partial charge in [0.05, 0.1) is 7.11 Å². The molecule has 0 aliphatic heterocycles. The molecule has 0 aliphatic carbocycles. The van der Waals surface area contributed by atoms with Crippen LogP contribution in [0.1, 0.15) is 20.7 Å². The van der Waals surface area contributed by atoms with E-state index in [1.54, 1.807) is 25.3 Å². The van der Waals surface area contributed by atoms with Gasteiger partial charge < -0.3 is 9.64 Å². The minimum absolute atomic E-state index is 0.583. The molecule has 5 heteroatoms. The van der Waals surface area contributed by atoms with Crippen molar-refractivity contribution in [1.82, 2.24) is 0 Å². The van der Waals surface area contributed by atoms with Crippen LogP contribution in [0.3, 0.4) is 0 Å². The van der Waals surface area contributed by atoms with Crippen molar-refractivity contribution in [2.24, 2.45) is 0 Å². The van der Waals surface area contributed by atoms with E-state index in [-0.39, 0.29) is 0 Å². The summed E-state index contributed by atoms with van der Waals surface area (Å²) < 4.78 is 5.95. The van der Waals surface area contributed by atoms with Crippen LogP contribution in [0.2, 0.25) is 0 Å². The summed E-state index contributed by atoms with van der Waals surface area (Å²) in [5.74, 6) is 0.766. The molecule has 3 aromatic carbocycles. The van der Waals surface area contributed by atoms with Crippen molar-refractivity contribution in [2.45, 2.75) is 0 Å². The number of anilines is 3. The number of aldehydes is 2. The molecule has 0 saturated heterocycles. The Hall–Kier alpha value is -2.92. The molecule has 0 aliphatic rings. The summed E-state index contributed by atoms with van der Waals surface area (Å²) >= 11 is 3.44. The minimum Gasteiger partial charge on any atom is -0.497 e. The highest BCUT2D eigenvalue weighted by molar-refractivity contribution is 9.10. The summed E-state index contributed by atoms with van der Waals surface area (Å²) in [5, 5.41) is 0. The number of halogens is 1. The molecule has 3 rings (SSSR count). The van der Waals surface area contributed by atoms with Crippen molar-refractivity contribution in [1.29, 1.82) is 0 Å². The van der Waals surface area contributed by atoms with Gasteiger partial charge in [-0.2, -0.15) is 0 Å². The number of hydrogen-bond donors (Lipinski definition) is 0. The molecule has 0 atom stereocenters. The van der Waals surface area contributed by atoms with E-state index in [4.69, 9.17) is 4.74 Å². The maximum absolute atomic E-state index is 11.1. The zero-order valence-electron chi connectivity index (χ0n) is 14.1. The van der Waals surface area contributed by atoms with Crippen LogP contribution in [-0.4, -0.2) is 19.7 Å². The predicted molar refractivity (Wildman–Crippen MR) is 106 cm³/mol. The lowest BCUT2D eigenvalue weighted by molar-refractivity contribution is 0.111. The fourth-order valence-electron chi connectivity index (χ4n) is 2.63. The van der Waals surface area contributed by atoms with Crippen molar-refractivity contribution in [3.8, 4) is 5.75 Å². The zero-order chi connectivity index (χ0) is 18.5. The lowest BCUT2D eigenvalue weighted by atomic mass is 10.1. The summed E-state index contributed by atoms with van der Waals surface area (Å²) in [6.07, 6.45) is 1.63. The van der Waals surface area contributed by atoms with E-state index < -0.39 is 0 Å². The lowest BCUT2D eigenvalue weighted by Crippen LogP contribution is -2.10. The molecule has 0 spiro atoms. The third-order valence-corrected chi connectivity index (χ3v) is 4.67. The molecule has 0 radical (unpaired) electrons. The van der Waals surface area contributed by atoms with Crippen LogP contribution in [0.25, 0.3) is 0 Å². The number of methoxy groups -OCH3 is 1. The van der Waals surface area contributed by atoms with Gasteiger partial charge in [0.1, 0.15) is 12.0 Å². The monoisotopic (exact) mass is 409 g/mol. The summed E-state index contributed by atoms with van der Waals surface area (Å²) in [5.41, 5.74) is 3.90. The molecule has 0 fully saturated rings. The molecular weight excluding hydrogens is 394 g/mol. The van der Waals surface area contributed by atoms with Crippen LogP contribution in [0.15, 0.2) is 71.2 Å². The lowest BCUT2D eigenvalue weighted by Gasteiger charge is -2.26. The second-order valence-electron chi connectivity index (χ2n) is 5.57. The highest BCUT2D eigenvalue weighted by Crippen LogP contribution is 2.37. The number of carbonyl (C=O) groups excluding carboxylic acids is 2. The maximum Gasteiger partial charge on any atom is 0.151 e. The molecule has 0 bridgehead atoms. The smallest absolute Gasteiger partial charge is 0.151 e. The van der Waals surface area contributed by atoms with E-state index in [0.29, 0.717) is 15.6 Å². The number of benzene rings is 3. The molecule has 0 amide bonds. The van der Waals surface area contributed by atoms with Gasteiger partial charge in [0.2, 0.25) is 0 Å². The second-order valence-corrected chi connectivity index (χ2v) is 6.42. The van der Waals surface area contributed by atoms with Crippen molar-refractivity contribution in [3.05, 3.63) is 82.3 Å². The Kier molecular flexibility index (Phi) is 5.49. The fraction of sp³-hybridized carbons (Fsp3) is 0.0476. The van der Waals surface area contributed by atoms with Crippen LogP contribution in [0.4, 0.5) is 17.1 Å². The van der Waals surface area contributed by atoms with Crippen LogP contribution >= 0.6 is 15.9 Å². The summed E-state index contributed by atoms with van der Waals surface area (Å²) in [7, 11) is 1.63. The zero-order valence-corrected chi connectivity index (χ0v) is 15.6. The Morgan fingerprint density at radius 2 is 1.38 bits per heavy atom. The quantitative estimate of drug-likeness (QED) is 0.500. The van der Waals surface area contributed by atoms with Crippen LogP contribution < -0.4 is 9.64 Å². The van der Waals surface area contributed by atoms with E-state index in [0.717, 1.165) is 35.4 Å². The van der Waals surface area contributed by atoms with Crippen molar-refractivity contribution >= 4 is 45.6 Å². The van der Waals surface area contributed by atoms with Gasteiger partial charge in [-0.25, -0.2) is 0 Å². The Morgan fingerprint density at radius 3 is 1.88 bits per heavy atom. The standard InChI is InChI=1S/C21H16BrNO3/c1-26-20-10-8-18(9-11-20)23(17-5-2-15(13-24)3-6-17)19-7-4-16(14-25)21(22)12-19/h2-14H,1H3. The molecule has 0 aromatic heterocycles. The summed E-state index contributed by atoms with van der Waals surface area (Å²) in [6, 6.07) is 20.5. The Labute approximate surface area is 160 Å². The molecule has 4 nitrogen and oxygen atoms in total. The van der Waals surface area contributed by atoms with E-state index in [9.17, 15) is 9.59 Å². The third-order valence-electron chi connectivity index (χ3n) is 3.99. The molecule has 130 valence electrons. The Morgan fingerprint density at radius 1 is 0.808 bits per heavy atom. The molecule has 0 N–H and O–H groups in total. The normalized spacial score (nSPS) is 10.2. The average molecular weight is 410 g/mol. The van der Waals surface area contributed by atoms with Crippen molar-refractivity contribution in [3.63, 3.8) is 0 Å². The van der Waals surface area contributed by atoms with E-state index >= 15 is 0 Å². The Bertz CT molecular complexity index is 921. The molecule has 0 unspecified atom stereocenters. The van der Waals surface area contributed by atoms with Gasteiger partial charge >= 0.3 is 0 Å². The Balaban J connectivity index is 2.12. The first-order chi connectivity index (χ1) is 12.7. The van der Waals surface area contributed by atoms with Gasteiger partial charge in [0.15, 0.2) is 6.29 Å². The van der Waals surface area contributed by atoms with E-state index in [2.05, 4.69) is 15.9 Å². The maximum atomic E-state index is 11.1. The third kappa shape index (κ3) is 3.68. The van der Waals surface area contributed by atoms with E-state index in [1.807, 2.05) is 53.4 Å². The van der Waals surface area contributed by atoms with E-state index in [1.165, 1.54) is 0 Å². The van der Waals surface area contributed by atoms with Gasteiger partial charge in [0.25, 0.3) is 0 Å². The predicted octanol–water partition coefficient (Wildman–Crippen LogP) is 5.55. The first-order valence-electron chi connectivity index (χ1n) is 7.90. The van der Waals surface area contributed by atoms with Gasteiger partial charge in [-0.05, 0) is 82.7 Å². The van der Waals surface area contributed by atoms with Crippen LogP contribution in [0, 0.1) is 0 Å². The number of nitrogens with zero attached hydrogens (tertiary/aromatic N) is 1. The van der Waals surface area contributed by atoms with Gasteiger partial charge in [-0.3, -0.25) is 9.59 Å². The van der Waals surface area contributed by atoms with Crippen LogP contribution in [-0.2, 0) is 0 Å². The largest absolute Gasteiger partial charge is 0.497 e. The SMILES string of the molecule is COc1ccc(N(c2ccc(C=O)cc2)c2ccc(C=O)c(Br)c2)cc1. The highest BCUT2D eigenvalue weighted by Gasteiger charge is 2.14. The van der Waals surface area contributed by atoms with Gasteiger partial charge in [-0.15, -0.1) is 0 Å². The number of carbonyl (C=O) groups is 2.